The molecule has 0 radical (unpaired) electrons. The standard InChI is InChI=1S/C25H33ClN6O2.C3H8/c1-7-18-14-21(20-11-10-19(15-22(20)26)23-29-17(4)34-30-23)25(33)32(8-2)24(18)28-16(3)27-12-9-13-31(5)6;1-3-2/h7,10-11,14-15,17,27H,3,8-9,12-13H2,1-2,4-6H3,(H,29,30);3H2,1-2H3/b18-7-,28-24+;. The maximum atomic E-state index is 13.5. The summed E-state index contributed by atoms with van der Waals surface area (Å²) in [5.41, 5.74) is 5.59. The third-order valence-corrected chi connectivity index (χ3v) is 5.75. The van der Waals surface area contributed by atoms with Crippen LogP contribution in [0.4, 0.5) is 0 Å². The maximum absolute atomic E-state index is 13.5. The molecule has 0 fully saturated rings. The summed E-state index contributed by atoms with van der Waals surface area (Å²) < 4.78 is 0. The van der Waals surface area contributed by atoms with Crippen LogP contribution in [0.5, 0.6) is 0 Å². The van der Waals surface area contributed by atoms with Crippen LogP contribution in [0, 0.1) is 0 Å². The minimum atomic E-state index is -0.263. The van der Waals surface area contributed by atoms with Gasteiger partial charge in [0.1, 0.15) is 11.7 Å². The summed E-state index contributed by atoms with van der Waals surface area (Å²) in [7, 11) is 4.08. The van der Waals surface area contributed by atoms with E-state index in [2.05, 4.69) is 46.1 Å². The summed E-state index contributed by atoms with van der Waals surface area (Å²) in [5.74, 6) is 1.56. The van der Waals surface area contributed by atoms with Crippen molar-refractivity contribution in [2.75, 3.05) is 33.7 Å². The molecule has 0 spiro atoms. The number of amides is 1. The third kappa shape index (κ3) is 8.28. The van der Waals surface area contributed by atoms with Crippen LogP contribution in [0.3, 0.4) is 0 Å². The van der Waals surface area contributed by atoms with Gasteiger partial charge in [0.2, 0.25) is 0 Å². The summed E-state index contributed by atoms with van der Waals surface area (Å²) in [6.07, 6.45) is 5.73. The van der Waals surface area contributed by atoms with Crippen LogP contribution in [0.2, 0.25) is 5.02 Å². The number of halogens is 1. The van der Waals surface area contributed by atoms with Gasteiger partial charge in [-0.15, -0.1) is 0 Å². The van der Waals surface area contributed by atoms with Crippen molar-refractivity contribution in [2.45, 2.75) is 53.7 Å². The van der Waals surface area contributed by atoms with E-state index in [0.717, 1.165) is 30.6 Å². The first-order valence-electron chi connectivity index (χ1n) is 12.8. The summed E-state index contributed by atoms with van der Waals surface area (Å²) >= 11 is 6.63. The minimum absolute atomic E-state index is 0.157. The lowest BCUT2D eigenvalue weighted by atomic mass is 9.95. The van der Waals surface area contributed by atoms with Gasteiger partial charge in [0.15, 0.2) is 12.1 Å². The lowest BCUT2D eigenvalue weighted by molar-refractivity contribution is -0.121. The molecule has 0 bridgehead atoms. The molecule has 2 N–H and O–H groups in total. The molecule has 1 aromatic carbocycles. The predicted molar refractivity (Wildman–Crippen MR) is 155 cm³/mol. The van der Waals surface area contributed by atoms with Crippen LogP contribution in [0.15, 0.2) is 58.3 Å². The second-order valence-corrected chi connectivity index (χ2v) is 9.42. The molecule has 3 rings (SSSR count). The Morgan fingerprint density at radius 2 is 2.05 bits per heavy atom. The molecular weight excluding hydrogens is 488 g/mol. The van der Waals surface area contributed by atoms with Crippen molar-refractivity contribution >= 4 is 34.8 Å². The Labute approximate surface area is 226 Å². The van der Waals surface area contributed by atoms with Crippen LogP contribution in [0.25, 0.3) is 5.57 Å². The first-order chi connectivity index (χ1) is 17.7. The summed E-state index contributed by atoms with van der Waals surface area (Å²) in [6.45, 7) is 16.2. The molecule has 1 unspecified atom stereocenters. The Hall–Kier alpha value is -2.94. The first-order valence-corrected chi connectivity index (χ1v) is 13.2. The highest BCUT2D eigenvalue weighted by Crippen LogP contribution is 2.32. The molecule has 0 saturated carbocycles. The number of allylic oxidation sites excluding steroid dienone is 1. The Kier molecular flexibility index (Phi) is 12.0. The number of carbonyl (C=O) groups is 1. The van der Waals surface area contributed by atoms with Crippen LogP contribution >= 0.6 is 11.6 Å². The summed E-state index contributed by atoms with van der Waals surface area (Å²) in [6, 6.07) is 5.49. The number of rotatable bonds is 9. The van der Waals surface area contributed by atoms with Crippen LogP contribution in [-0.4, -0.2) is 67.3 Å². The van der Waals surface area contributed by atoms with E-state index in [9.17, 15) is 4.79 Å². The normalized spacial score (nSPS) is 19.4. The number of nitrogens with one attached hydrogen (secondary N) is 2. The number of nitrogens with zero attached hydrogens (tertiary/aromatic N) is 4. The van der Waals surface area contributed by atoms with Gasteiger partial charge in [0.05, 0.1) is 0 Å². The molecule has 0 aliphatic carbocycles. The van der Waals surface area contributed by atoms with Gasteiger partial charge in [-0.2, -0.15) is 0 Å². The SMILES string of the molecule is C=C(/N=C1\C(=C/C)C=C(c2ccc(C3=NC(C)ON3)cc2Cl)C(=O)N1CC)NCCCN(C)C.CCC. The number of aliphatic imine (C=N–C) groups is 2. The van der Waals surface area contributed by atoms with E-state index in [1.54, 1.807) is 11.0 Å². The van der Waals surface area contributed by atoms with Gasteiger partial charge in [0, 0.05) is 40.4 Å². The van der Waals surface area contributed by atoms with E-state index in [0.29, 0.717) is 40.2 Å². The average Bonchev–Trinajstić information content (AvgIpc) is 3.29. The van der Waals surface area contributed by atoms with E-state index < -0.39 is 0 Å². The van der Waals surface area contributed by atoms with E-state index in [-0.39, 0.29) is 12.1 Å². The lowest BCUT2D eigenvalue weighted by Gasteiger charge is -2.30. The number of amidine groups is 2. The smallest absolute Gasteiger partial charge is 0.260 e. The number of carbonyl (C=O) groups excluding carboxylic acids is 1. The van der Waals surface area contributed by atoms with Crippen molar-refractivity contribution in [2.24, 2.45) is 9.98 Å². The van der Waals surface area contributed by atoms with E-state index >= 15 is 0 Å². The Balaban J connectivity index is 0.00000153. The topological polar surface area (TPSA) is 81.6 Å². The van der Waals surface area contributed by atoms with Gasteiger partial charge in [-0.1, -0.05) is 56.7 Å². The fourth-order valence-corrected chi connectivity index (χ4v) is 3.97. The average molecular weight is 529 g/mol. The van der Waals surface area contributed by atoms with Crippen molar-refractivity contribution in [3.05, 3.63) is 64.5 Å². The van der Waals surface area contributed by atoms with Crippen molar-refractivity contribution in [3.63, 3.8) is 0 Å². The zero-order valence-electron chi connectivity index (χ0n) is 23.2. The molecule has 37 heavy (non-hydrogen) atoms. The molecule has 2 aliphatic heterocycles. The molecule has 0 aromatic heterocycles. The van der Waals surface area contributed by atoms with Crippen molar-refractivity contribution < 1.29 is 9.63 Å². The molecule has 1 atom stereocenters. The zero-order valence-corrected chi connectivity index (χ0v) is 23.9. The number of hydroxylamine groups is 1. The largest absolute Gasteiger partial charge is 0.370 e. The number of hydrogen-bond acceptors (Lipinski definition) is 7. The van der Waals surface area contributed by atoms with E-state index in [1.807, 2.05) is 59.2 Å². The highest BCUT2D eigenvalue weighted by molar-refractivity contribution is 6.37. The van der Waals surface area contributed by atoms with Gasteiger partial charge < -0.3 is 10.2 Å². The van der Waals surface area contributed by atoms with Gasteiger partial charge >= 0.3 is 0 Å². The summed E-state index contributed by atoms with van der Waals surface area (Å²) in [5, 5.41) is 3.69. The number of likely N-dealkylation sites (N-methyl/N-ethyl adjacent to an activating group) is 1. The number of hydrogen-bond donors (Lipinski definition) is 2. The second-order valence-electron chi connectivity index (χ2n) is 9.02. The van der Waals surface area contributed by atoms with Crippen molar-refractivity contribution in [3.8, 4) is 0 Å². The highest BCUT2D eigenvalue weighted by Gasteiger charge is 2.31. The molecule has 1 aromatic rings. The van der Waals surface area contributed by atoms with Crippen molar-refractivity contribution in [1.82, 2.24) is 20.6 Å². The van der Waals surface area contributed by atoms with Crippen LogP contribution in [0.1, 0.15) is 58.6 Å². The van der Waals surface area contributed by atoms with Gasteiger partial charge in [-0.25, -0.2) is 20.3 Å². The Morgan fingerprint density at radius 1 is 1.35 bits per heavy atom. The zero-order chi connectivity index (χ0) is 27.5. The van der Waals surface area contributed by atoms with Gasteiger partial charge in [-0.05, 0) is 60.0 Å². The fraction of sp³-hybridized carbons (Fsp3) is 0.464. The highest BCUT2D eigenvalue weighted by atomic mass is 35.5. The number of benzene rings is 1. The van der Waals surface area contributed by atoms with Crippen LogP contribution < -0.4 is 10.8 Å². The van der Waals surface area contributed by atoms with Gasteiger partial charge in [-0.3, -0.25) is 9.69 Å². The molecule has 8 nitrogen and oxygen atoms in total. The molecule has 0 saturated heterocycles. The third-order valence-electron chi connectivity index (χ3n) is 5.44. The Morgan fingerprint density at radius 3 is 2.59 bits per heavy atom. The second kappa shape index (κ2) is 14.7. The lowest BCUT2D eigenvalue weighted by Crippen LogP contribution is -2.41. The quantitative estimate of drug-likeness (QED) is 0.441. The molecule has 2 heterocycles. The predicted octanol–water partition coefficient (Wildman–Crippen LogP) is 4.99. The van der Waals surface area contributed by atoms with E-state index in [4.69, 9.17) is 16.4 Å². The molecule has 2 aliphatic rings. The van der Waals surface area contributed by atoms with Crippen LogP contribution in [-0.2, 0) is 9.63 Å². The minimum Gasteiger partial charge on any atom is -0.370 e. The van der Waals surface area contributed by atoms with Crippen molar-refractivity contribution in [1.29, 1.82) is 0 Å². The molecule has 1 amide bonds. The molecule has 9 heteroatoms. The monoisotopic (exact) mass is 528 g/mol. The fourth-order valence-electron chi connectivity index (χ4n) is 3.69. The molecular formula is C28H41ClN6O2. The molecule has 202 valence electrons. The Bertz CT molecular complexity index is 1090. The van der Waals surface area contributed by atoms with E-state index in [1.165, 1.54) is 6.42 Å². The summed E-state index contributed by atoms with van der Waals surface area (Å²) in [4.78, 5) is 31.5. The van der Waals surface area contributed by atoms with Gasteiger partial charge in [0.25, 0.3) is 5.91 Å². The maximum Gasteiger partial charge on any atom is 0.260 e. The first kappa shape index (κ1) is 30.3.